The molecule has 1 fully saturated rings. The Hall–Kier alpha value is -1.40. The molecule has 1 saturated heterocycles. The van der Waals surface area contributed by atoms with Crippen LogP contribution < -0.4 is 5.32 Å². The summed E-state index contributed by atoms with van der Waals surface area (Å²) in [6.07, 6.45) is 1.64. The van der Waals surface area contributed by atoms with Crippen LogP contribution in [0.5, 0.6) is 0 Å². The average molecular weight is 279 g/mol. The van der Waals surface area contributed by atoms with Crippen molar-refractivity contribution in [3.05, 3.63) is 17.0 Å². The molecule has 1 aromatic rings. The number of aromatic amines is 1. The first-order valence-corrected chi connectivity index (χ1v) is 7.17. The van der Waals surface area contributed by atoms with E-state index in [2.05, 4.69) is 22.4 Å². The van der Waals surface area contributed by atoms with E-state index in [1.807, 2.05) is 13.8 Å². The summed E-state index contributed by atoms with van der Waals surface area (Å²) in [6, 6.07) is 0. The fourth-order valence-corrected chi connectivity index (χ4v) is 2.87. The van der Waals surface area contributed by atoms with E-state index >= 15 is 0 Å². The first kappa shape index (κ1) is 13.6. The lowest BCUT2D eigenvalue weighted by molar-refractivity contribution is -0.0710. The smallest absolute Gasteiger partial charge is 0.272 e. The minimum atomic E-state index is -0.217. The van der Waals surface area contributed by atoms with Crippen LogP contribution in [0, 0.1) is 0 Å². The number of hydrogen-bond acceptors (Lipinski definition) is 4. The summed E-state index contributed by atoms with van der Waals surface area (Å²) >= 11 is 0. The lowest BCUT2D eigenvalue weighted by atomic mass is 9.93. The van der Waals surface area contributed by atoms with Crippen molar-refractivity contribution in [2.45, 2.75) is 51.4 Å². The molecule has 0 aromatic carbocycles. The van der Waals surface area contributed by atoms with E-state index in [0.717, 1.165) is 17.7 Å². The number of rotatable bonds is 3. The minimum Gasteiger partial charge on any atom is -0.376 e. The fraction of sp³-hybridized carbons (Fsp3) is 0.714. The van der Waals surface area contributed by atoms with Crippen LogP contribution in [-0.2, 0) is 15.9 Å². The summed E-state index contributed by atoms with van der Waals surface area (Å²) in [5, 5.41) is 10.2. The van der Waals surface area contributed by atoms with Crippen LogP contribution in [-0.4, -0.2) is 41.0 Å². The molecule has 3 rings (SSSR count). The van der Waals surface area contributed by atoms with Gasteiger partial charge in [0.05, 0.1) is 36.7 Å². The Balaban J connectivity index is 1.82. The molecule has 1 amide bonds. The lowest BCUT2D eigenvalue weighted by Gasteiger charge is -2.41. The highest BCUT2D eigenvalue weighted by atomic mass is 16.5. The number of carbonyl (C=O) groups is 1. The van der Waals surface area contributed by atoms with E-state index < -0.39 is 0 Å². The maximum Gasteiger partial charge on any atom is 0.272 e. The largest absolute Gasteiger partial charge is 0.376 e. The van der Waals surface area contributed by atoms with Crippen molar-refractivity contribution in [1.29, 1.82) is 0 Å². The zero-order valence-corrected chi connectivity index (χ0v) is 12.2. The highest BCUT2D eigenvalue weighted by Crippen LogP contribution is 2.30. The van der Waals surface area contributed by atoms with Gasteiger partial charge in [-0.05, 0) is 20.3 Å². The first-order chi connectivity index (χ1) is 9.54. The Morgan fingerprint density at radius 1 is 1.50 bits per heavy atom. The number of nitrogens with zero attached hydrogens (tertiary/aromatic N) is 1. The summed E-state index contributed by atoms with van der Waals surface area (Å²) in [6.45, 7) is 7.21. The lowest BCUT2D eigenvalue weighted by Crippen LogP contribution is -2.61. The molecule has 6 heteroatoms. The molecule has 2 atom stereocenters. The van der Waals surface area contributed by atoms with E-state index in [0.29, 0.717) is 25.3 Å². The number of carbonyl (C=O) groups excluding carboxylic acids is 1. The topological polar surface area (TPSA) is 76.2 Å². The molecule has 6 nitrogen and oxygen atoms in total. The normalized spacial score (nSPS) is 27.6. The molecule has 3 heterocycles. The van der Waals surface area contributed by atoms with Crippen molar-refractivity contribution >= 4 is 5.91 Å². The summed E-state index contributed by atoms with van der Waals surface area (Å²) in [5.74, 6) is -0.117. The van der Waals surface area contributed by atoms with Gasteiger partial charge in [0, 0.05) is 12.0 Å². The average Bonchev–Trinajstić information content (AvgIpc) is 2.77. The van der Waals surface area contributed by atoms with Gasteiger partial charge in [-0.3, -0.25) is 9.89 Å². The Morgan fingerprint density at radius 3 is 2.85 bits per heavy atom. The third-order valence-corrected chi connectivity index (χ3v) is 4.26. The molecule has 0 radical (unpaired) electrons. The van der Waals surface area contributed by atoms with Gasteiger partial charge in [0.1, 0.15) is 0 Å². The maximum absolute atomic E-state index is 12.5. The van der Waals surface area contributed by atoms with Crippen molar-refractivity contribution in [3.63, 3.8) is 0 Å². The van der Waals surface area contributed by atoms with Crippen LogP contribution in [0.2, 0.25) is 0 Å². The van der Waals surface area contributed by atoms with Crippen molar-refractivity contribution in [2.75, 3.05) is 13.2 Å². The van der Waals surface area contributed by atoms with Crippen molar-refractivity contribution in [1.82, 2.24) is 15.5 Å². The summed E-state index contributed by atoms with van der Waals surface area (Å²) in [7, 11) is 0. The second-order valence-electron chi connectivity index (χ2n) is 5.84. The molecule has 0 spiro atoms. The molecule has 2 aliphatic heterocycles. The van der Waals surface area contributed by atoms with E-state index in [1.165, 1.54) is 0 Å². The van der Waals surface area contributed by atoms with Crippen LogP contribution in [0.4, 0.5) is 0 Å². The van der Waals surface area contributed by atoms with Gasteiger partial charge in [-0.2, -0.15) is 5.10 Å². The molecule has 0 bridgehead atoms. The Labute approximate surface area is 118 Å². The van der Waals surface area contributed by atoms with E-state index in [-0.39, 0.29) is 23.7 Å². The van der Waals surface area contributed by atoms with Crippen LogP contribution in [0.15, 0.2) is 0 Å². The molecular weight excluding hydrogens is 258 g/mol. The second-order valence-corrected chi connectivity index (χ2v) is 5.84. The summed E-state index contributed by atoms with van der Waals surface area (Å²) in [4.78, 5) is 12.5. The molecule has 0 unspecified atom stereocenters. The van der Waals surface area contributed by atoms with E-state index in [4.69, 9.17) is 9.47 Å². The maximum atomic E-state index is 12.5. The van der Waals surface area contributed by atoms with Gasteiger partial charge in [-0.15, -0.1) is 0 Å². The number of H-pyrrole nitrogens is 1. The number of amides is 1. The molecule has 0 saturated carbocycles. The number of fused-ring (bicyclic) bond motifs is 1. The van der Waals surface area contributed by atoms with Crippen molar-refractivity contribution < 1.29 is 14.3 Å². The molecule has 1 aromatic heterocycles. The van der Waals surface area contributed by atoms with Crippen LogP contribution in [0.3, 0.4) is 0 Å². The second kappa shape index (κ2) is 4.86. The highest BCUT2D eigenvalue weighted by Gasteiger charge is 2.40. The molecule has 2 aliphatic rings. The van der Waals surface area contributed by atoms with Gasteiger partial charge in [0.25, 0.3) is 5.91 Å². The molecule has 110 valence electrons. The Kier molecular flexibility index (Phi) is 3.30. The van der Waals surface area contributed by atoms with Gasteiger partial charge in [-0.1, -0.05) is 6.92 Å². The van der Waals surface area contributed by atoms with Gasteiger partial charge in [0.15, 0.2) is 5.69 Å². The predicted octanol–water partition coefficient (Wildman–Crippen LogP) is 1.34. The van der Waals surface area contributed by atoms with E-state index in [1.54, 1.807) is 0 Å². The third kappa shape index (κ3) is 2.13. The standard InChI is InChI=1S/C14H21N3O3/c1-4-14(6-19-7-14)15-13(18)12-10-5-8(2)20-9(3)11(10)16-17-12/h8-9H,4-7H2,1-3H3,(H,15,18)(H,16,17)/t8-,9+/m0/s1. The Morgan fingerprint density at radius 2 is 2.25 bits per heavy atom. The number of aromatic nitrogens is 2. The molecule has 20 heavy (non-hydrogen) atoms. The summed E-state index contributed by atoms with van der Waals surface area (Å²) in [5.41, 5.74) is 2.19. The zero-order chi connectivity index (χ0) is 14.3. The van der Waals surface area contributed by atoms with Gasteiger partial charge >= 0.3 is 0 Å². The number of ether oxygens (including phenoxy) is 2. The van der Waals surface area contributed by atoms with Crippen LogP contribution in [0.25, 0.3) is 0 Å². The minimum absolute atomic E-state index is 0.0463. The fourth-order valence-electron chi connectivity index (χ4n) is 2.87. The van der Waals surface area contributed by atoms with Crippen molar-refractivity contribution in [2.24, 2.45) is 0 Å². The van der Waals surface area contributed by atoms with Gasteiger partial charge in [0.2, 0.25) is 0 Å². The first-order valence-electron chi connectivity index (χ1n) is 7.17. The van der Waals surface area contributed by atoms with Gasteiger partial charge in [-0.25, -0.2) is 0 Å². The van der Waals surface area contributed by atoms with Gasteiger partial charge < -0.3 is 14.8 Å². The molecule has 0 aliphatic carbocycles. The quantitative estimate of drug-likeness (QED) is 0.875. The highest BCUT2D eigenvalue weighted by molar-refractivity contribution is 5.94. The predicted molar refractivity (Wildman–Crippen MR) is 72.6 cm³/mol. The van der Waals surface area contributed by atoms with E-state index in [9.17, 15) is 4.79 Å². The van der Waals surface area contributed by atoms with Crippen LogP contribution in [0.1, 0.15) is 55.0 Å². The zero-order valence-electron chi connectivity index (χ0n) is 12.2. The van der Waals surface area contributed by atoms with Crippen molar-refractivity contribution in [3.8, 4) is 0 Å². The third-order valence-electron chi connectivity index (χ3n) is 4.26. The number of nitrogens with one attached hydrogen (secondary N) is 2. The SMILES string of the molecule is CCC1(NC(=O)c2n[nH]c3c2C[C@H](C)O[C@@H]3C)COC1. The molecule has 2 N–H and O–H groups in total. The Bertz CT molecular complexity index is 516. The molecular formula is C14H21N3O3. The number of hydrogen-bond donors (Lipinski definition) is 2. The monoisotopic (exact) mass is 279 g/mol. The summed E-state index contributed by atoms with van der Waals surface area (Å²) < 4.78 is 11.0. The van der Waals surface area contributed by atoms with Crippen LogP contribution >= 0.6 is 0 Å².